The van der Waals surface area contributed by atoms with Crippen molar-refractivity contribution in [1.29, 1.82) is 0 Å². The van der Waals surface area contributed by atoms with E-state index in [-0.39, 0.29) is 9.79 Å². The molecule has 3 aliphatic rings. The first-order chi connectivity index (χ1) is 29.5. The van der Waals surface area contributed by atoms with Crippen molar-refractivity contribution in [2.45, 2.75) is 87.2 Å². The summed E-state index contributed by atoms with van der Waals surface area (Å²) in [7, 11) is -8.82. The zero-order valence-corrected chi connectivity index (χ0v) is 37.0. The van der Waals surface area contributed by atoms with Crippen molar-refractivity contribution < 1.29 is 30.5 Å². The number of anilines is 1. The molecule has 11 heteroatoms. The van der Waals surface area contributed by atoms with Crippen LogP contribution in [0, 0.1) is 0 Å². The van der Waals surface area contributed by atoms with E-state index < -0.39 is 31.1 Å². The second-order valence-electron chi connectivity index (χ2n) is 17.3. The van der Waals surface area contributed by atoms with Gasteiger partial charge in [0.05, 0.1) is 15.2 Å². The van der Waals surface area contributed by atoms with Crippen LogP contribution >= 0.6 is 0 Å². The van der Waals surface area contributed by atoms with Crippen molar-refractivity contribution in [3.05, 3.63) is 202 Å². The van der Waals surface area contributed by atoms with E-state index in [1.807, 2.05) is 54.6 Å². The zero-order valence-electron chi connectivity index (χ0n) is 35.4. The van der Waals surface area contributed by atoms with Gasteiger partial charge in [-0.25, -0.2) is 0 Å². The lowest BCUT2D eigenvalue weighted by atomic mass is 9.81. The van der Waals surface area contributed by atoms with Crippen LogP contribution < -0.4 is 10.2 Å². The van der Waals surface area contributed by atoms with E-state index in [4.69, 9.17) is 0 Å². The third-order valence-electron chi connectivity index (χ3n) is 12.4. The average Bonchev–Trinajstić information content (AvgIpc) is 3.58. The molecule has 3 N–H and O–H groups in total. The molecular formula is C51H52N3O6S2+. The number of nitrogens with one attached hydrogen (secondary N) is 1. The number of rotatable bonds is 12. The summed E-state index contributed by atoms with van der Waals surface area (Å²) >= 11 is 0. The highest BCUT2D eigenvalue weighted by atomic mass is 32.2. The van der Waals surface area contributed by atoms with E-state index in [1.54, 1.807) is 24.3 Å². The van der Waals surface area contributed by atoms with Gasteiger partial charge in [-0.15, -0.1) is 0 Å². The first kappa shape index (κ1) is 42.8. The van der Waals surface area contributed by atoms with Gasteiger partial charge >= 0.3 is 0 Å². The standard InChI is InChI=1S/C51H51N3O6S2/c1-50(2)43-31-41(61(55,56)57)25-27-45(43)53(34-37-17-10-6-11-18-37)47(50)29-23-39-21-14-22-40(49(39)52-33-36-15-8-5-9-16-36)24-30-48-51(3,4)44-32-42(62(58,59)60)26-28-46(44)54(48)35-38-19-12-7-13-20-38/h5-13,15-20,23-32H,14,21-22,33-35H2,1-4H3,(H2,55,56,57,58,59,60)/p+1/b39-23-,47-29+. The first-order valence-electron chi connectivity index (χ1n) is 20.9. The molecular weight excluding hydrogens is 815 g/mol. The molecule has 0 atom stereocenters. The van der Waals surface area contributed by atoms with E-state index in [9.17, 15) is 25.9 Å². The minimum absolute atomic E-state index is 0.129. The molecule has 0 saturated carbocycles. The van der Waals surface area contributed by atoms with Crippen molar-refractivity contribution >= 4 is 37.3 Å². The van der Waals surface area contributed by atoms with Crippen LogP contribution in [0.1, 0.15) is 74.8 Å². The highest BCUT2D eigenvalue weighted by molar-refractivity contribution is 7.86. The predicted molar refractivity (Wildman–Crippen MR) is 246 cm³/mol. The van der Waals surface area contributed by atoms with Crippen molar-refractivity contribution in [1.82, 2.24) is 5.32 Å². The Morgan fingerprint density at radius 3 is 1.87 bits per heavy atom. The normalized spacial score (nSPS) is 18.5. The minimum atomic E-state index is -4.41. The largest absolute Gasteiger partial charge is 0.381 e. The Morgan fingerprint density at radius 1 is 0.661 bits per heavy atom. The van der Waals surface area contributed by atoms with Gasteiger partial charge in [-0.2, -0.15) is 21.4 Å². The SMILES string of the molecule is CC1(C)C(/C=C/C2=C(NCc3ccccc3)C(=C\C=C3\N(Cc4ccccc4)c4ccc(S(=O)(=O)O)cc4C3(C)C)/CCC2)=[N+](Cc2ccccc2)c2ccc(S(=O)(=O)O)cc21. The van der Waals surface area contributed by atoms with Crippen molar-refractivity contribution in [2.75, 3.05) is 4.90 Å². The number of hydrogen-bond acceptors (Lipinski definition) is 6. The fourth-order valence-corrected chi connectivity index (χ4v) is 10.1. The minimum Gasteiger partial charge on any atom is -0.381 e. The Bertz CT molecular complexity index is 2920. The van der Waals surface area contributed by atoms with Crippen LogP contribution in [0.15, 0.2) is 184 Å². The first-order valence-corrected chi connectivity index (χ1v) is 23.7. The Kier molecular flexibility index (Phi) is 11.6. The fourth-order valence-electron chi connectivity index (χ4n) is 9.13. The van der Waals surface area contributed by atoms with Crippen molar-refractivity contribution in [2.24, 2.45) is 0 Å². The molecule has 5 aromatic carbocycles. The maximum atomic E-state index is 12.3. The van der Waals surface area contributed by atoms with E-state index in [2.05, 4.69) is 103 Å². The van der Waals surface area contributed by atoms with E-state index in [0.717, 1.165) is 86.7 Å². The molecule has 0 unspecified atom stereocenters. The molecule has 0 spiro atoms. The smallest absolute Gasteiger partial charge is 0.294 e. The van der Waals surface area contributed by atoms with Crippen molar-refractivity contribution in [3.63, 3.8) is 0 Å². The summed E-state index contributed by atoms with van der Waals surface area (Å²) in [5.74, 6) is 0. The summed E-state index contributed by atoms with van der Waals surface area (Å²) in [4.78, 5) is 1.98. The molecule has 2 heterocycles. The number of nitrogens with zero attached hydrogens (tertiary/aromatic N) is 2. The summed E-state index contributed by atoms with van der Waals surface area (Å²) < 4.78 is 71.5. The second-order valence-corrected chi connectivity index (χ2v) is 20.1. The number of fused-ring (bicyclic) bond motifs is 2. The van der Waals surface area contributed by atoms with Gasteiger partial charge < -0.3 is 10.2 Å². The van der Waals surface area contributed by atoms with E-state index in [0.29, 0.717) is 19.6 Å². The summed E-state index contributed by atoms with van der Waals surface area (Å²) in [6, 6.07) is 40.3. The Balaban J connectivity index is 1.24. The molecule has 0 amide bonds. The molecule has 8 rings (SSSR count). The number of hydrogen-bond donors (Lipinski definition) is 3. The molecule has 0 aromatic heterocycles. The molecule has 0 radical (unpaired) electrons. The summed E-state index contributed by atoms with van der Waals surface area (Å²) in [6.07, 6.45) is 11.3. The maximum Gasteiger partial charge on any atom is 0.294 e. The van der Waals surface area contributed by atoms with Gasteiger partial charge in [0.1, 0.15) is 0 Å². The van der Waals surface area contributed by atoms with Crippen molar-refractivity contribution in [3.8, 4) is 0 Å². The van der Waals surface area contributed by atoms with Gasteiger partial charge in [0.2, 0.25) is 5.69 Å². The van der Waals surface area contributed by atoms with Crippen LogP contribution in [0.5, 0.6) is 0 Å². The van der Waals surface area contributed by atoms with Gasteiger partial charge in [-0.05, 0) is 97.4 Å². The molecule has 318 valence electrons. The van der Waals surface area contributed by atoms with Crippen LogP contribution in [0.25, 0.3) is 0 Å². The predicted octanol–water partition coefficient (Wildman–Crippen LogP) is 10.3. The topological polar surface area (TPSA) is 127 Å². The molecule has 5 aromatic rings. The molecule has 0 saturated heterocycles. The Labute approximate surface area is 365 Å². The highest BCUT2D eigenvalue weighted by Gasteiger charge is 2.45. The highest BCUT2D eigenvalue weighted by Crippen LogP contribution is 2.49. The van der Waals surface area contributed by atoms with Gasteiger partial charge in [0.25, 0.3) is 20.2 Å². The van der Waals surface area contributed by atoms with Gasteiger partial charge in [0.15, 0.2) is 12.3 Å². The molecule has 0 bridgehead atoms. The number of benzene rings is 5. The van der Waals surface area contributed by atoms with Crippen LogP contribution in [0.3, 0.4) is 0 Å². The van der Waals surface area contributed by atoms with Crippen LogP contribution in [-0.4, -0.2) is 36.2 Å². The molecule has 62 heavy (non-hydrogen) atoms. The summed E-state index contributed by atoms with van der Waals surface area (Å²) in [5, 5.41) is 3.82. The van der Waals surface area contributed by atoms with Gasteiger partial charge in [0, 0.05) is 58.9 Å². The van der Waals surface area contributed by atoms with Gasteiger partial charge in [-0.1, -0.05) is 117 Å². The monoisotopic (exact) mass is 866 g/mol. The van der Waals surface area contributed by atoms with Crippen LogP contribution in [-0.2, 0) is 50.7 Å². The lowest BCUT2D eigenvalue weighted by Gasteiger charge is -2.28. The lowest BCUT2D eigenvalue weighted by molar-refractivity contribution is -0.455. The Hall–Kier alpha value is -5.85. The average molecular weight is 867 g/mol. The number of allylic oxidation sites excluding steroid dienone is 7. The third kappa shape index (κ3) is 8.63. The fraction of sp³-hybridized carbons (Fsp3) is 0.235. The molecule has 0 fully saturated rings. The van der Waals surface area contributed by atoms with Gasteiger partial charge in [-0.3, -0.25) is 9.11 Å². The molecule has 1 aliphatic carbocycles. The molecule has 9 nitrogen and oxygen atoms in total. The zero-order chi connectivity index (χ0) is 43.9. The second kappa shape index (κ2) is 16.8. The van der Waals surface area contributed by atoms with Crippen LogP contribution in [0.4, 0.5) is 11.4 Å². The molecule has 2 aliphatic heterocycles. The quantitative estimate of drug-likeness (QED) is 0.0836. The lowest BCUT2D eigenvalue weighted by Crippen LogP contribution is -2.28. The summed E-state index contributed by atoms with van der Waals surface area (Å²) in [6.45, 7) is 10.1. The maximum absolute atomic E-state index is 12.3. The Morgan fingerprint density at radius 2 is 1.24 bits per heavy atom. The van der Waals surface area contributed by atoms with E-state index in [1.165, 1.54) is 12.1 Å². The summed E-state index contributed by atoms with van der Waals surface area (Å²) in [5.41, 5.74) is 10.9. The van der Waals surface area contributed by atoms with E-state index >= 15 is 0 Å². The third-order valence-corrected chi connectivity index (χ3v) is 14.1. The van der Waals surface area contributed by atoms with Crippen LogP contribution in [0.2, 0.25) is 0 Å².